The van der Waals surface area contributed by atoms with E-state index < -0.39 is 0 Å². The van der Waals surface area contributed by atoms with E-state index in [4.69, 9.17) is 4.74 Å². The van der Waals surface area contributed by atoms with E-state index in [2.05, 4.69) is 44.7 Å². The summed E-state index contributed by atoms with van der Waals surface area (Å²) in [6.45, 7) is 13.3. The fraction of sp³-hybridized carbons (Fsp3) is 0.750. The van der Waals surface area contributed by atoms with Gasteiger partial charge in [-0.3, -0.25) is 4.90 Å². The Morgan fingerprint density at radius 2 is 2.16 bits per heavy atom. The van der Waals surface area contributed by atoms with Crippen molar-refractivity contribution in [3.8, 4) is 0 Å². The van der Waals surface area contributed by atoms with E-state index in [1.807, 2.05) is 11.3 Å². The van der Waals surface area contributed by atoms with E-state index >= 15 is 0 Å². The number of thiophene rings is 1. The molecule has 0 aliphatic carbocycles. The van der Waals surface area contributed by atoms with E-state index in [9.17, 15) is 0 Å². The van der Waals surface area contributed by atoms with Crippen LogP contribution in [0.15, 0.2) is 12.1 Å². The van der Waals surface area contributed by atoms with E-state index in [0.717, 1.165) is 19.7 Å². The molecule has 1 aliphatic rings. The molecule has 2 rings (SSSR count). The summed E-state index contributed by atoms with van der Waals surface area (Å²) in [5, 5.41) is 0. The fourth-order valence-corrected chi connectivity index (χ4v) is 3.59. The minimum absolute atomic E-state index is 0.294. The number of rotatable bonds is 4. The lowest BCUT2D eigenvalue weighted by Crippen LogP contribution is -2.41. The van der Waals surface area contributed by atoms with E-state index in [1.165, 1.54) is 29.1 Å². The van der Waals surface area contributed by atoms with Crippen molar-refractivity contribution in [2.24, 2.45) is 0 Å². The number of hydrogen-bond donors (Lipinski definition) is 0. The van der Waals surface area contributed by atoms with Crippen LogP contribution in [-0.4, -0.2) is 37.2 Å². The van der Waals surface area contributed by atoms with Crippen molar-refractivity contribution in [1.29, 1.82) is 0 Å². The highest BCUT2D eigenvalue weighted by atomic mass is 32.1. The maximum Gasteiger partial charge on any atom is 0.0674 e. The van der Waals surface area contributed by atoms with Crippen LogP contribution in [0.4, 0.5) is 0 Å². The van der Waals surface area contributed by atoms with Crippen molar-refractivity contribution in [2.75, 3.05) is 26.2 Å². The van der Waals surface area contributed by atoms with Gasteiger partial charge in [-0.2, -0.15) is 0 Å². The van der Waals surface area contributed by atoms with Crippen LogP contribution >= 0.6 is 11.3 Å². The third-order valence-corrected chi connectivity index (χ3v) is 5.19. The van der Waals surface area contributed by atoms with Crippen LogP contribution in [0.5, 0.6) is 0 Å². The topological polar surface area (TPSA) is 12.5 Å². The first kappa shape index (κ1) is 15.0. The van der Waals surface area contributed by atoms with Crippen LogP contribution in [0.2, 0.25) is 0 Å². The van der Waals surface area contributed by atoms with Gasteiger partial charge in [0.2, 0.25) is 0 Å². The lowest BCUT2D eigenvalue weighted by Gasteiger charge is -2.30. The molecule has 2 nitrogen and oxygen atoms in total. The Balaban J connectivity index is 1.75. The van der Waals surface area contributed by atoms with Gasteiger partial charge in [0.1, 0.15) is 0 Å². The van der Waals surface area contributed by atoms with Crippen molar-refractivity contribution in [3.63, 3.8) is 0 Å². The van der Waals surface area contributed by atoms with E-state index in [-0.39, 0.29) is 0 Å². The largest absolute Gasteiger partial charge is 0.376 e. The lowest BCUT2D eigenvalue weighted by atomic mass is 9.95. The molecule has 0 amide bonds. The van der Waals surface area contributed by atoms with Crippen molar-refractivity contribution >= 4 is 11.3 Å². The third kappa shape index (κ3) is 4.59. The van der Waals surface area contributed by atoms with Gasteiger partial charge in [-0.05, 0) is 43.9 Å². The molecule has 1 atom stereocenters. The maximum atomic E-state index is 5.57. The van der Waals surface area contributed by atoms with Gasteiger partial charge in [0.05, 0.1) is 12.7 Å². The number of hydrogen-bond acceptors (Lipinski definition) is 3. The molecule has 1 aromatic rings. The smallest absolute Gasteiger partial charge is 0.0674 e. The summed E-state index contributed by atoms with van der Waals surface area (Å²) in [5.41, 5.74) is 0.294. The molecule has 1 aromatic heterocycles. The first-order chi connectivity index (χ1) is 8.95. The zero-order valence-corrected chi connectivity index (χ0v) is 13.6. The second kappa shape index (κ2) is 6.38. The third-order valence-electron chi connectivity index (χ3n) is 3.62. The molecular formula is C16H27NOS. The SMILES string of the molecule is CC1CN(CCCc2ccc(C(C)(C)C)s2)CCO1. The summed E-state index contributed by atoms with van der Waals surface area (Å²) >= 11 is 1.98. The highest BCUT2D eigenvalue weighted by Crippen LogP contribution is 2.30. The van der Waals surface area contributed by atoms with Gasteiger partial charge in [-0.1, -0.05) is 20.8 Å². The van der Waals surface area contributed by atoms with Gasteiger partial charge in [0.15, 0.2) is 0 Å². The lowest BCUT2D eigenvalue weighted by molar-refractivity contribution is -0.0183. The quantitative estimate of drug-likeness (QED) is 0.834. The molecule has 0 bridgehead atoms. The van der Waals surface area contributed by atoms with Crippen LogP contribution in [0.1, 0.15) is 43.9 Å². The minimum Gasteiger partial charge on any atom is -0.376 e. The number of morpholine rings is 1. The Bertz CT molecular complexity index is 394. The summed E-state index contributed by atoms with van der Waals surface area (Å²) in [5.74, 6) is 0. The van der Waals surface area contributed by atoms with Crippen LogP contribution < -0.4 is 0 Å². The molecule has 2 heterocycles. The van der Waals surface area contributed by atoms with Gasteiger partial charge < -0.3 is 4.74 Å². The summed E-state index contributed by atoms with van der Waals surface area (Å²) in [4.78, 5) is 5.57. The molecule has 0 radical (unpaired) electrons. The van der Waals surface area contributed by atoms with Crippen LogP contribution in [0.3, 0.4) is 0 Å². The highest BCUT2D eigenvalue weighted by Gasteiger charge is 2.17. The van der Waals surface area contributed by atoms with Crippen molar-refractivity contribution in [1.82, 2.24) is 4.90 Å². The second-order valence-corrected chi connectivity index (χ2v) is 7.77. The van der Waals surface area contributed by atoms with Crippen LogP contribution in [-0.2, 0) is 16.6 Å². The van der Waals surface area contributed by atoms with Gasteiger partial charge in [0, 0.05) is 22.8 Å². The van der Waals surface area contributed by atoms with Crippen molar-refractivity contribution in [3.05, 3.63) is 21.9 Å². The molecule has 1 fully saturated rings. The van der Waals surface area contributed by atoms with Crippen LogP contribution in [0.25, 0.3) is 0 Å². The Morgan fingerprint density at radius 1 is 1.37 bits per heavy atom. The summed E-state index contributed by atoms with van der Waals surface area (Å²) < 4.78 is 5.57. The van der Waals surface area contributed by atoms with Crippen molar-refractivity contribution < 1.29 is 4.74 Å². The second-order valence-electron chi connectivity index (χ2n) is 6.60. The van der Waals surface area contributed by atoms with Gasteiger partial charge >= 0.3 is 0 Å². The molecule has 0 N–H and O–H groups in total. The molecule has 1 saturated heterocycles. The molecule has 1 aliphatic heterocycles. The molecule has 1 unspecified atom stereocenters. The summed E-state index contributed by atoms with van der Waals surface area (Å²) in [7, 11) is 0. The summed E-state index contributed by atoms with van der Waals surface area (Å²) in [6.07, 6.45) is 2.88. The van der Waals surface area contributed by atoms with E-state index in [0.29, 0.717) is 11.5 Å². The van der Waals surface area contributed by atoms with Gasteiger partial charge in [-0.15, -0.1) is 11.3 Å². The zero-order chi connectivity index (χ0) is 13.9. The van der Waals surface area contributed by atoms with Gasteiger partial charge in [0.25, 0.3) is 0 Å². The minimum atomic E-state index is 0.294. The molecule has 0 spiro atoms. The Morgan fingerprint density at radius 3 is 2.79 bits per heavy atom. The Kier molecular flexibility index (Phi) is 5.04. The monoisotopic (exact) mass is 281 g/mol. The first-order valence-electron chi connectivity index (χ1n) is 7.38. The Hall–Kier alpha value is -0.380. The standard InChI is InChI=1S/C16H27NOS/c1-13-12-17(10-11-18-13)9-5-6-14-7-8-15(19-14)16(2,3)4/h7-8,13H,5-6,9-12H2,1-4H3. The molecule has 0 saturated carbocycles. The zero-order valence-electron chi connectivity index (χ0n) is 12.7. The van der Waals surface area contributed by atoms with Gasteiger partial charge in [-0.25, -0.2) is 0 Å². The average molecular weight is 281 g/mol. The number of nitrogens with zero attached hydrogens (tertiary/aromatic N) is 1. The molecule has 108 valence electrons. The van der Waals surface area contributed by atoms with Crippen molar-refractivity contribution in [2.45, 2.75) is 52.1 Å². The number of aryl methyl sites for hydroxylation is 1. The highest BCUT2D eigenvalue weighted by molar-refractivity contribution is 7.12. The molecule has 0 aromatic carbocycles. The molecular weight excluding hydrogens is 254 g/mol. The molecule has 3 heteroatoms. The normalized spacial score (nSPS) is 21.8. The molecule has 19 heavy (non-hydrogen) atoms. The van der Waals surface area contributed by atoms with Crippen LogP contribution in [0, 0.1) is 0 Å². The van der Waals surface area contributed by atoms with E-state index in [1.54, 1.807) is 0 Å². The fourth-order valence-electron chi connectivity index (χ4n) is 2.49. The maximum absolute atomic E-state index is 5.57. The first-order valence-corrected chi connectivity index (χ1v) is 8.20. The number of ether oxygens (including phenoxy) is 1. The predicted octanol–water partition coefficient (Wildman–Crippen LogP) is 3.70. The Labute approximate surface area is 121 Å². The average Bonchev–Trinajstić information content (AvgIpc) is 2.77. The summed E-state index contributed by atoms with van der Waals surface area (Å²) in [6, 6.07) is 4.62. The predicted molar refractivity (Wildman–Crippen MR) is 83.2 cm³/mol.